The van der Waals surface area contributed by atoms with Gasteiger partial charge >= 0.3 is 0 Å². The Hall–Kier alpha value is -2.62. The van der Waals surface area contributed by atoms with Crippen molar-refractivity contribution in [2.75, 3.05) is 6.54 Å². The van der Waals surface area contributed by atoms with Crippen LogP contribution in [0.5, 0.6) is 0 Å². The molecule has 0 aliphatic heterocycles. The Morgan fingerprint density at radius 1 is 1.24 bits per heavy atom. The van der Waals surface area contributed by atoms with Crippen LogP contribution in [0.1, 0.15) is 21.5 Å². The molecular formula is C17H17N3O. The van der Waals surface area contributed by atoms with Crippen molar-refractivity contribution in [3.63, 3.8) is 0 Å². The van der Waals surface area contributed by atoms with Crippen molar-refractivity contribution in [3.05, 3.63) is 65.4 Å². The number of carbonyl (C=O) groups is 1. The van der Waals surface area contributed by atoms with E-state index >= 15 is 0 Å². The van der Waals surface area contributed by atoms with Gasteiger partial charge in [0.2, 0.25) is 0 Å². The predicted octanol–water partition coefficient (Wildman–Crippen LogP) is 2.84. The summed E-state index contributed by atoms with van der Waals surface area (Å²) in [6.07, 6.45) is 2.58. The lowest BCUT2D eigenvalue weighted by molar-refractivity contribution is 0.0954. The normalized spacial score (nSPS) is 10.7. The molecule has 21 heavy (non-hydrogen) atoms. The number of hydrogen-bond donors (Lipinski definition) is 2. The number of H-pyrrole nitrogens is 1. The first-order valence-corrected chi connectivity index (χ1v) is 7.00. The smallest absolute Gasteiger partial charge is 0.251 e. The molecule has 1 aromatic heterocycles. The lowest BCUT2D eigenvalue weighted by Gasteiger charge is -2.07. The zero-order valence-electron chi connectivity index (χ0n) is 11.9. The summed E-state index contributed by atoms with van der Waals surface area (Å²) in [4.78, 5) is 12.1. The van der Waals surface area contributed by atoms with Gasteiger partial charge in [0, 0.05) is 17.5 Å². The monoisotopic (exact) mass is 279 g/mol. The number of aryl methyl sites for hydroxylation is 1. The molecule has 0 spiro atoms. The van der Waals surface area contributed by atoms with Gasteiger partial charge in [0.15, 0.2) is 0 Å². The van der Waals surface area contributed by atoms with E-state index in [-0.39, 0.29) is 5.91 Å². The van der Waals surface area contributed by atoms with Crippen LogP contribution in [0.3, 0.4) is 0 Å². The van der Waals surface area contributed by atoms with E-state index in [1.165, 1.54) is 11.1 Å². The van der Waals surface area contributed by atoms with E-state index in [4.69, 9.17) is 0 Å². The molecule has 0 fully saturated rings. The number of benzene rings is 2. The number of aromatic amines is 1. The Morgan fingerprint density at radius 2 is 2.10 bits per heavy atom. The van der Waals surface area contributed by atoms with Crippen molar-refractivity contribution in [3.8, 4) is 0 Å². The zero-order chi connectivity index (χ0) is 14.7. The Morgan fingerprint density at radius 3 is 2.95 bits per heavy atom. The molecule has 0 unspecified atom stereocenters. The van der Waals surface area contributed by atoms with Crippen LogP contribution >= 0.6 is 0 Å². The molecule has 0 aliphatic rings. The van der Waals surface area contributed by atoms with Crippen LogP contribution in [0.25, 0.3) is 10.9 Å². The molecule has 3 rings (SSSR count). The molecule has 4 heteroatoms. The SMILES string of the molecule is Cc1ccccc1CCNC(=O)c1ccc2cn[nH]c2c1. The van der Waals surface area contributed by atoms with Crippen LogP contribution in [0.4, 0.5) is 0 Å². The first-order chi connectivity index (χ1) is 10.2. The molecule has 0 saturated heterocycles. The molecule has 106 valence electrons. The van der Waals surface area contributed by atoms with E-state index in [9.17, 15) is 4.79 Å². The van der Waals surface area contributed by atoms with E-state index < -0.39 is 0 Å². The lowest BCUT2D eigenvalue weighted by atomic mass is 10.1. The molecular weight excluding hydrogens is 262 g/mol. The Bertz CT molecular complexity index is 776. The Kier molecular flexibility index (Phi) is 3.69. The quantitative estimate of drug-likeness (QED) is 0.771. The van der Waals surface area contributed by atoms with Crippen molar-refractivity contribution >= 4 is 16.8 Å². The molecule has 0 bridgehead atoms. The molecule has 1 amide bonds. The second-order valence-electron chi connectivity index (χ2n) is 5.10. The van der Waals surface area contributed by atoms with Crippen molar-refractivity contribution in [2.45, 2.75) is 13.3 Å². The minimum absolute atomic E-state index is 0.0555. The maximum atomic E-state index is 12.1. The van der Waals surface area contributed by atoms with E-state index in [2.05, 4.69) is 34.6 Å². The number of nitrogens with zero attached hydrogens (tertiary/aromatic N) is 1. The maximum absolute atomic E-state index is 12.1. The summed E-state index contributed by atoms with van der Waals surface area (Å²) in [6, 6.07) is 13.8. The minimum atomic E-state index is -0.0555. The number of aromatic nitrogens is 2. The van der Waals surface area contributed by atoms with Gasteiger partial charge in [-0.25, -0.2) is 0 Å². The summed E-state index contributed by atoms with van der Waals surface area (Å²) in [6.45, 7) is 2.72. The highest BCUT2D eigenvalue weighted by atomic mass is 16.1. The van der Waals surface area contributed by atoms with Crippen LogP contribution in [-0.4, -0.2) is 22.6 Å². The first-order valence-electron chi connectivity index (χ1n) is 7.00. The third-order valence-electron chi connectivity index (χ3n) is 3.65. The number of hydrogen-bond acceptors (Lipinski definition) is 2. The van der Waals surface area contributed by atoms with Gasteiger partial charge in [-0.15, -0.1) is 0 Å². The average molecular weight is 279 g/mol. The molecule has 0 radical (unpaired) electrons. The third-order valence-corrected chi connectivity index (χ3v) is 3.65. The van der Waals surface area contributed by atoms with Crippen LogP contribution in [0, 0.1) is 6.92 Å². The molecule has 0 saturated carbocycles. The van der Waals surface area contributed by atoms with E-state index in [0.717, 1.165) is 17.3 Å². The van der Waals surface area contributed by atoms with Crippen molar-refractivity contribution in [1.82, 2.24) is 15.5 Å². The van der Waals surface area contributed by atoms with Crippen molar-refractivity contribution in [2.24, 2.45) is 0 Å². The van der Waals surface area contributed by atoms with Gasteiger partial charge in [-0.1, -0.05) is 30.3 Å². The highest BCUT2D eigenvalue weighted by Crippen LogP contribution is 2.12. The summed E-state index contributed by atoms with van der Waals surface area (Å²) < 4.78 is 0. The fourth-order valence-electron chi connectivity index (χ4n) is 2.38. The van der Waals surface area contributed by atoms with Gasteiger partial charge in [0.25, 0.3) is 5.91 Å². The van der Waals surface area contributed by atoms with Gasteiger partial charge in [-0.05, 0) is 36.6 Å². The van der Waals surface area contributed by atoms with E-state index in [0.29, 0.717) is 12.1 Å². The number of nitrogens with one attached hydrogen (secondary N) is 2. The highest BCUT2D eigenvalue weighted by molar-refractivity contribution is 5.97. The number of amides is 1. The standard InChI is InChI=1S/C17H17N3O/c1-12-4-2-3-5-13(12)8-9-18-17(21)14-6-7-15-11-19-20-16(15)10-14/h2-7,10-11H,8-9H2,1H3,(H,18,21)(H,19,20). The largest absolute Gasteiger partial charge is 0.352 e. The molecule has 0 atom stereocenters. The van der Waals surface area contributed by atoms with Crippen LogP contribution in [-0.2, 0) is 6.42 Å². The summed E-state index contributed by atoms with van der Waals surface area (Å²) in [5.74, 6) is -0.0555. The second-order valence-corrected chi connectivity index (χ2v) is 5.10. The molecule has 3 aromatic rings. The van der Waals surface area contributed by atoms with Crippen molar-refractivity contribution in [1.29, 1.82) is 0 Å². The van der Waals surface area contributed by atoms with Gasteiger partial charge in [0.05, 0.1) is 11.7 Å². The Labute approximate surface area is 123 Å². The van der Waals surface area contributed by atoms with Gasteiger partial charge in [-0.2, -0.15) is 5.10 Å². The third kappa shape index (κ3) is 2.94. The predicted molar refractivity (Wildman–Crippen MR) is 83.3 cm³/mol. The van der Waals surface area contributed by atoms with Gasteiger partial charge in [0.1, 0.15) is 0 Å². The maximum Gasteiger partial charge on any atom is 0.251 e. The lowest BCUT2D eigenvalue weighted by Crippen LogP contribution is -2.25. The average Bonchev–Trinajstić information content (AvgIpc) is 2.96. The number of fused-ring (bicyclic) bond motifs is 1. The van der Waals surface area contributed by atoms with Crippen LogP contribution in [0.15, 0.2) is 48.7 Å². The minimum Gasteiger partial charge on any atom is -0.352 e. The second kappa shape index (κ2) is 5.79. The van der Waals surface area contributed by atoms with Crippen LogP contribution < -0.4 is 5.32 Å². The summed E-state index contributed by atoms with van der Waals surface area (Å²) >= 11 is 0. The van der Waals surface area contributed by atoms with Crippen molar-refractivity contribution < 1.29 is 4.79 Å². The van der Waals surface area contributed by atoms with E-state index in [1.54, 1.807) is 6.20 Å². The zero-order valence-corrected chi connectivity index (χ0v) is 11.9. The number of carbonyl (C=O) groups excluding carboxylic acids is 1. The number of rotatable bonds is 4. The summed E-state index contributed by atoms with van der Waals surface area (Å²) in [5.41, 5.74) is 4.05. The molecule has 2 N–H and O–H groups in total. The van der Waals surface area contributed by atoms with Crippen LogP contribution in [0.2, 0.25) is 0 Å². The molecule has 0 aliphatic carbocycles. The Balaban J connectivity index is 1.62. The van der Waals surface area contributed by atoms with E-state index in [1.807, 2.05) is 30.3 Å². The molecule has 4 nitrogen and oxygen atoms in total. The summed E-state index contributed by atoms with van der Waals surface area (Å²) in [7, 11) is 0. The molecule has 2 aromatic carbocycles. The van der Waals surface area contributed by atoms with Gasteiger partial charge < -0.3 is 5.32 Å². The fraction of sp³-hybridized carbons (Fsp3) is 0.176. The van der Waals surface area contributed by atoms with Gasteiger partial charge in [-0.3, -0.25) is 9.89 Å². The first kappa shape index (κ1) is 13.4. The highest BCUT2D eigenvalue weighted by Gasteiger charge is 2.07. The topological polar surface area (TPSA) is 57.8 Å². The summed E-state index contributed by atoms with van der Waals surface area (Å²) in [5, 5.41) is 10.8. The molecule has 1 heterocycles. The fourth-order valence-corrected chi connectivity index (χ4v) is 2.38.